The second-order valence-electron chi connectivity index (χ2n) is 13.0. The summed E-state index contributed by atoms with van der Waals surface area (Å²) in [6, 6.07) is 4.73. The number of carbonyl (C=O) groups is 4. The van der Waals surface area contributed by atoms with Crippen LogP contribution in [0.25, 0.3) is 22.1 Å². The predicted molar refractivity (Wildman–Crippen MR) is 209 cm³/mol. The van der Waals surface area contributed by atoms with Gasteiger partial charge in [0.2, 0.25) is 11.9 Å². The van der Waals surface area contributed by atoms with Crippen molar-refractivity contribution in [2.75, 3.05) is 36.9 Å². The molecule has 0 fully saturated rings. The number of carboxylic acids is 2. The largest absolute Gasteiger partial charge is 0.489 e. The number of amides is 2. The molecule has 0 bridgehead atoms. The van der Waals surface area contributed by atoms with Gasteiger partial charge in [0.15, 0.2) is 0 Å². The van der Waals surface area contributed by atoms with E-state index in [1.807, 2.05) is 0 Å². The number of nitrogens with two attached hydrogens (primary N) is 2. The van der Waals surface area contributed by atoms with E-state index in [1.54, 1.807) is 36.8 Å². The molecule has 4 aromatic rings. The van der Waals surface area contributed by atoms with Crippen LogP contribution in [0, 0.1) is 11.8 Å². The lowest BCUT2D eigenvalue weighted by Gasteiger charge is -2.26. The number of benzene rings is 2. The number of hydrogen-bond donors (Lipinski definition) is 6. The van der Waals surface area contributed by atoms with Gasteiger partial charge in [0.25, 0.3) is 11.8 Å². The van der Waals surface area contributed by atoms with Gasteiger partial charge in [0.1, 0.15) is 47.2 Å². The van der Waals surface area contributed by atoms with Crippen LogP contribution in [0.2, 0.25) is 0 Å². The first-order valence-corrected chi connectivity index (χ1v) is 17.7. The van der Waals surface area contributed by atoms with E-state index in [4.69, 9.17) is 20.9 Å². The third-order valence-electron chi connectivity index (χ3n) is 8.69. The second kappa shape index (κ2) is 16.1. The van der Waals surface area contributed by atoms with E-state index in [9.17, 15) is 29.4 Å². The molecule has 18 heteroatoms. The van der Waals surface area contributed by atoms with E-state index >= 15 is 0 Å². The summed E-state index contributed by atoms with van der Waals surface area (Å²) in [5, 5.41) is 25.0. The summed E-state index contributed by atoms with van der Waals surface area (Å²) < 4.78 is 15.6. The SMILES string of the molecule is CCN=C(C=C(C)N)C(=O)Nc1nc2cc(C(=O)O)cc3c2n1[C@@H](CC#CC[C@H]1COc2cc(C(=O)O)cc4nc(NC(=O)C(C=C(C)N)=NCC)n1c24)CO3. The molecular weight excluding hydrogens is 724 g/mol. The van der Waals surface area contributed by atoms with Gasteiger partial charge in [-0.05, 0) is 64.1 Å². The van der Waals surface area contributed by atoms with Gasteiger partial charge in [0, 0.05) is 37.3 Å². The average Bonchev–Trinajstić information content (AvgIpc) is 3.70. The first-order valence-electron chi connectivity index (χ1n) is 17.7. The van der Waals surface area contributed by atoms with Crippen LogP contribution in [0.15, 0.2) is 57.8 Å². The fourth-order valence-electron chi connectivity index (χ4n) is 6.41. The molecule has 0 saturated heterocycles. The minimum Gasteiger partial charge on any atom is -0.489 e. The number of aromatic nitrogens is 4. The van der Waals surface area contributed by atoms with Gasteiger partial charge in [-0.1, -0.05) is 0 Å². The Bertz CT molecular complexity index is 2300. The highest BCUT2D eigenvalue weighted by molar-refractivity contribution is 6.47. The Hall–Kier alpha value is -7.16. The Kier molecular flexibility index (Phi) is 11.1. The van der Waals surface area contributed by atoms with Crippen molar-refractivity contribution < 1.29 is 38.9 Å². The maximum Gasteiger partial charge on any atom is 0.335 e. The molecule has 2 aliphatic rings. The standard InChI is InChI=1S/C38H40N10O8/c1-5-41-27(11-19(3)39)33(49)45-37-43-25-13-21(35(51)52)15-29-31(25)47(37)23(17-55-29)9-7-8-10-24-18-56-30-16-22(36(53)54)14-26-32(30)48(24)38(44-26)46-34(50)28(42-6-2)12-20(4)40/h11-16,23-24H,5-6,9-10,17-18,39-40H2,1-4H3,(H,51,52)(H,53,54)(H,43,45,49)(H,44,46,50)/t23-,24-/m0/s1. The number of rotatable bonds is 12. The van der Waals surface area contributed by atoms with Crippen molar-refractivity contribution in [2.24, 2.45) is 21.5 Å². The van der Waals surface area contributed by atoms with Gasteiger partial charge < -0.3 is 31.2 Å². The maximum absolute atomic E-state index is 13.4. The van der Waals surface area contributed by atoms with E-state index < -0.39 is 35.8 Å². The van der Waals surface area contributed by atoms with Crippen LogP contribution in [-0.4, -0.2) is 90.8 Å². The van der Waals surface area contributed by atoms with Crippen LogP contribution in [0.4, 0.5) is 11.9 Å². The normalized spacial score (nSPS) is 16.8. The van der Waals surface area contributed by atoms with E-state index in [-0.39, 0.29) is 60.5 Å². The predicted octanol–water partition coefficient (Wildman–Crippen LogP) is 3.66. The van der Waals surface area contributed by atoms with E-state index in [2.05, 4.69) is 42.4 Å². The molecule has 2 aliphatic heterocycles. The summed E-state index contributed by atoms with van der Waals surface area (Å²) in [5.41, 5.74) is 14.2. The number of nitrogens with one attached hydrogen (secondary N) is 2. The zero-order valence-electron chi connectivity index (χ0n) is 31.0. The van der Waals surface area contributed by atoms with Crippen LogP contribution in [0.3, 0.4) is 0 Å². The summed E-state index contributed by atoms with van der Waals surface area (Å²) >= 11 is 0. The molecule has 0 radical (unpaired) electrons. The van der Waals surface area contributed by atoms with Gasteiger partial charge >= 0.3 is 11.9 Å². The molecule has 0 spiro atoms. The lowest BCUT2D eigenvalue weighted by atomic mass is 10.1. The fourth-order valence-corrected chi connectivity index (χ4v) is 6.41. The van der Waals surface area contributed by atoms with Gasteiger partial charge in [-0.15, -0.1) is 11.8 Å². The molecule has 56 heavy (non-hydrogen) atoms. The van der Waals surface area contributed by atoms with Gasteiger partial charge in [-0.3, -0.25) is 39.3 Å². The summed E-state index contributed by atoms with van der Waals surface area (Å²) in [6.07, 6.45) is 3.39. The minimum atomic E-state index is -1.16. The number of allylic oxidation sites excluding steroid dienone is 2. The Morgan fingerprint density at radius 2 is 1.16 bits per heavy atom. The number of aliphatic imine (C=N–C) groups is 2. The van der Waals surface area contributed by atoms with Crippen molar-refractivity contribution in [3.8, 4) is 23.3 Å². The van der Waals surface area contributed by atoms with Gasteiger partial charge in [-0.25, -0.2) is 19.6 Å². The smallest absolute Gasteiger partial charge is 0.335 e. The summed E-state index contributed by atoms with van der Waals surface area (Å²) in [6.45, 7) is 7.70. The Balaban J connectivity index is 1.32. The van der Waals surface area contributed by atoms with Crippen LogP contribution < -0.4 is 31.6 Å². The third-order valence-corrected chi connectivity index (χ3v) is 8.69. The number of nitrogens with zero attached hydrogens (tertiary/aromatic N) is 6. The maximum atomic E-state index is 13.4. The van der Waals surface area contributed by atoms with Crippen molar-refractivity contribution in [1.29, 1.82) is 0 Å². The number of imidazole rings is 2. The highest BCUT2D eigenvalue weighted by atomic mass is 16.5. The van der Waals surface area contributed by atoms with Crippen molar-refractivity contribution in [1.82, 2.24) is 19.1 Å². The zero-order valence-corrected chi connectivity index (χ0v) is 31.0. The molecule has 2 amide bonds. The molecule has 8 N–H and O–H groups in total. The zero-order chi connectivity index (χ0) is 40.3. The van der Waals surface area contributed by atoms with E-state index in [0.29, 0.717) is 58.0 Å². The van der Waals surface area contributed by atoms with Crippen molar-refractivity contribution in [3.05, 3.63) is 58.9 Å². The lowest BCUT2D eigenvalue weighted by Crippen LogP contribution is -2.28. The van der Waals surface area contributed by atoms with Crippen molar-refractivity contribution in [2.45, 2.75) is 52.6 Å². The highest BCUT2D eigenvalue weighted by Crippen LogP contribution is 2.40. The number of aromatic carboxylic acids is 2. The molecule has 2 aromatic heterocycles. The number of carbonyl (C=O) groups excluding carboxylic acids is 2. The topological polar surface area (TPSA) is 264 Å². The van der Waals surface area contributed by atoms with Crippen LogP contribution in [0.1, 0.15) is 73.3 Å². The average molecular weight is 765 g/mol. The summed E-state index contributed by atoms with van der Waals surface area (Å²) in [5.74, 6) is 3.88. The second-order valence-corrected chi connectivity index (χ2v) is 13.0. The summed E-state index contributed by atoms with van der Waals surface area (Å²) in [4.78, 5) is 68.2. The van der Waals surface area contributed by atoms with Crippen LogP contribution in [0.5, 0.6) is 11.5 Å². The fraction of sp³-hybridized carbons (Fsp3) is 0.316. The quantitative estimate of drug-likeness (QED) is 0.0892. The number of anilines is 2. The number of ether oxygens (including phenoxy) is 2. The molecule has 2 atom stereocenters. The molecule has 0 unspecified atom stereocenters. The third kappa shape index (κ3) is 7.87. The Morgan fingerprint density at radius 3 is 1.50 bits per heavy atom. The summed E-state index contributed by atoms with van der Waals surface area (Å²) in [7, 11) is 0. The van der Waals surface area contributed by atoms with Gasteiger partial charge in [-0.2, -0.15) is 0 Å². The van der Waals surface area contributed by atoms with Gasteiger partial charge in [0.05, 0.1) is 34.2 Å². The first kappa shape index (κ1) is 38.6. The molecule has 0 saturated carbocycles. The van der Waals surface area contributed by atoms with Crippen LogP contribution in [-0.2, 0) is 9.59 Å². The van der Waals surface area contributed by atoms with Crippen LogP contribution >= 0.6 is 0 Å². The lowest BCUT2D eigenvalue weighted by molar-refractivity contribution is -0.111. The molecule has 290 valence electrons. The Morgan fingerprint density at radius 1 is 0.768 bits per heavy atom. The number of carboxylic acid groups (broad SMARTS) is 2. The molecule has 4 heterocycles. The molecular formula is C38H40N10O8. The number of hydrogen-bond acceptors (Lipinski definition) is 12. The monoisotopic (exact) mass is 764 g/mol. The molecule has 2 aromatic carbocycles. The molecule has 0 aliphatic carbocycles. The van der Waals surface area contributed by atoms with Crippen molar-refractivity contribution in [3.63, 3.8) is 0 Å². The molecule has 18 nitrogen and oxygen atoms in total. The minimum absolute atomic E-state index is 0.0253. The van der Waals surface area contributed by atoms with Crippen molar-refractivity contribution >= 4 is 69.1 Å². The first-order chi connectivity index (χ1) is 26.8. The Labute approximate surface area is 320 Å². The molecule has 6 rings (SSSR count). The van der Waals surface area contributed by atoms with E-state index in [0.717, 1.165) is 0 Å². The highest BCUT2D eigenvalue weighted by Gasteiger charge is 2.31. The van der Waals surface area contributed by atoms with E-state index in [1.165, 1.54) is 36.4 Å².